The number of nitrogens with zero attached hydrogens (tertiary/aromatic N) is 5. The second-order valence-electron chi connectivity index (χ2n) is 10.6. The minimum Gasteiger partial charge on any atom is -0.315 e. The fourth-order valence-corrected chi connectivity index (χ4v) is 5.32. The van der Waals surface area contributed by atoms with Crippen molar-refractivity contribution in [2.24, 2.45) is 11.3 Å². The van der Waals surface area contributed by atoms with Gasteiger partial charge in [0.1, 0.15) is 6.67 Å². The second-order valence-corrected chi connectivity index (χ2v) is 11.4. The maximum atomic E-state index is 13.5. The van der Waals surface area contributed by atoms with Crippen LogP contribution in [0.25, 0.3) is 6.08 Å². The second kappa shape index (κ2) is 12.1. The van der Waals surface area contributed by atoms with Crippen molar-refractivity contribution in [2.45, 2.75) is 59.2 Å². The van der Waals surface area contributed by atoms with E-state index in [1.807, 2.05) is 6.07 Å². The summed E-state index contributed by atoms with van der Waals surface area (Å²) >= 11 is 12.6. The lowest BCUT2D eigenvalue weighted by Crippen LogP contribution is -2.44. The summed E-state index contributed by atoms with van der Waals surface area (Å²) in [6.07, 6.45) is 6.93. The maximum absolute atomic E-state index is 13.5. The summed E-state index contributed by atoms with van der Waals surface area (Å²) < 4.78 is 0. The molecule has 2 aromatic carbocycles. The average molecular weight is 556 g/mol. The molecule has 1 aromatic heterocycles. The van der Waals surface area contributed by atoms with Gasteiger partial charge in [0.15, 0.2) is 0 Å². The normalized spacial score (nSPS) is 17.9. The molecule has 0 bridgehead atoms. The number of anilines is 1. The Labute approximate surface area is 233 Å². The van der Waals surface area contributed by atoms with Gasteiger partial charge < -0.3 is 4.90 Å². The molecule has 4 rings (SSSR count). The number of nitrogens with one attached hydrogen (secondary N) is 1. The Morgan fingerprint density at radius 1 is 1.03 bits per heavy atom. The van der Waals surface area contributed by atoms with Gasteiger partial charge in [-0.1, -0.05) is 73.3 Å². The SMILES string of the molecule is CC(C)(C)C1CCC(N(Cn2nnc(NC(=O)c3ccccc3)n2)C(=O)/C=C\c2c(Cl)cccc2Cl)CC1. The molecule has 10 heteroatoms. The van der Waals surface area contributed by atoms with Gasteiger partial charge in [-0.25, -0.2) is 0 Å². The Hall–Kier alpha value is -3.23. The van der Waals surface area contributed by atoms with Crippen LogP contribution in [0.15, 0.2) is 54.6 Å². The first-order chi connectivity index (χ1) is 18.1. The molecule has 0 atom stereocenters. The Kier molecular flexibility index (Phi) is 8.84. The standard InChI is InChI=1S/C28H32Cl2N6O2/c1-28(2,3)20-12-14-21(15-13-20)35(25(37)17-16-22-23(29)10-7-11-24(22)30)18-36-33-27(32-34-36)31-26(38)19-8-5-4-6-9-19/h4-11,16-17,20-21H,12-15,18H2,1-3H3,(H,31,33,38)/b17-16-. The molecule has 1 aliphatic carbocycles. The number of hydrogen-bond acceptors (Lipinski definition) is 5. The molecule has 2 amide bonds. The zero-order valence-corrected chi connectivity index (χ0v) is 23.3. The molecule has 0 unspecified atom stereocenters. The topological polar surface area (TPSA) is 93.0 Å². The van der Waals surface area contributed by atoms with Gasteiger partial charge in [0.25, 0.3) is 11.9 Å². The highest BCUT2D eigenvalue weighted by molar-refractivity contribution is 6.37. The monoisotopic (exact) mass is 554 g/mol. The van der Waals surface area contributed by atoms with Crippen molar-refractivity contribution < 1.29 is 9.59 Å². The Balaban J connectivity index is 1.51. The smallest absolute Gasteiger partial charge is 0.270 e. The third kappa shape index (κ3) is 6.99. The first-order valence-corrected chi connectivity index (χ1v) is 13.4. The molecule has 1 N–H and O–H groups in total. The van der Waals surface area contributed by atoms with Crippen LogP contribution < -0.4 is 5.32 Å². The van der Waals surface area contributed by atoms with Crippen molar-refractivity contribution in [2.75, 3.05) is 5.32 Å². The van der Waals surface area contributed by atoms with Crippen LogP contribution in [0.1, 0.15) is 62.4 Å². The third-order valence-electron chi connectivity index (χ3n) is 7.03. The Morgan fingerprint density at radius 2 is 1.68 bits per heavy atom. The number of aromatic nitrogens is 4. The number of carbonyl (C=O) groups excluding carboxylic acids is 2. The molecule has 0 saturated heterocycles. The van der Waals surface area contributed by atoms with E-state index in [0.717, 1.165) is 25.7 Å². The highest BCUT2D eigenvalue weighted by atomic mass is 35.5. The van der Waals surface area contributed by atoms with Crippen LogP contribution in [0, 0.1) is 11.3 Å². The molecule has 3 aromatic rings. The predicted molar refractivity (Wildman–Crippen MR) is 150 cm³/mol. The van der Waals surface area contributed by atoms with Crippen LogP contribution in [0.4, 0.5) is 5.95 Å². The number of carbonyl (C=O) groups is 2. The zero-order chi connectivity index (χ0) is 27.3. The molecule has 200 valence electrons. The highest BCUT2D eigenvalue weighted by Gasteiger charge is 2.33. The van der Waals surface area contributed by atoms with E-state index in [0.29, 0.717) is 27.1 Å². The predicted octanol–water partition coefficient (Wildman–Crippen LogP) is 6.34. The average Bonchev–Trinajstić information content (AvgIpc) is 3.33. The van der Waals surface area contributed by atoms with Crippen molar-refractivity contribution in [3.05, 3.63) is 75.8 Å². The lowest BCUT2D eigenvalue weighted by Gasteiger charge is -2.40. The van der Waals surface area contributed by atoms with Gasteiger partial charge in [-0.05, 0) is 72.6 Å². The summed E-state index contributed by atoms with van der Waals surface area (Å²) in [5.74, 6) is 0.129. The third-order valence-corrected chi connectivity index (χ3v) is 7.69. The van der Waals surface area contributed by atoms with Crippen molar-refractivity contribution in [3.63, 3.8) is 0 Å². The van der Waals surface area contributed by atoms with Gasteiger partial charge in [0, 0.05) is 33.3 Å². The number of hydrogen-bond donors (Lipinski definition) is 1. The van der Waals surface area contributed by atoms with Crippen LogP contribution >= 0.6 is 23.2 Å². The van der Waals surface area contributed by atoms with E-state index < -0.39 is 0 Å². The molecule has 1 heterocycles. The lowest BCUT2D eigenvalue weighted by atomic mass is 9.71. The first-order valence-electron chi connectivity index (χ1n) is 12.7. The lowest BCUT2D eigenvalue weighted by molar-refractivity contribution is -0.131. The molecule has 8 nitrogen and oxygen atoms in total. The van der Waals surface area contributed by atoms with Gasteiger partial charge in [0.2, 0.25) is 5.91 Å². The van der Waals surface area contributed by atoms with Gasteiger partial charge in [0.05, 0.1) is 0 Å². The summed E-state index contributed by atoms with van der Waals surface area (Å²) in [5, 5.41) is 15.9. The van der Waals surface area contributed by atoms with Gasteiger partial charge >= 0.3 is 0 Å². The number of benzene rings is 2. The van der Waals surface area contributed by atoms with Crippen molar-refractivity contribution in [1.29, 1.82) is 0 Å². The Morgan fingerprint density at radius 3 is 2.32 bits per heavy atom. The van der Waals surface area contributed by atoms with Crippen LogP contribution in [0.2, 0.25) is 10.0 Å². The van der Waals surface area contributed by atoms with E-state index in [2.05, 4.69) is 41.5 Å². The van der Waals surface area contributed by atoms with E-state index in [9.17, 15) is 9.59 Å². The molecule has 0 radical (unpaired) electrons. The van der Waals surface area contributed by atoms with Crippen LogP contribution in [0.3, 0.4) is 0 Å². The number of amides is 2. The molecule has 1 saturated carbocycles. The van der Waals surface area contributed by atoms with E-state index >= 15 is 0 Å². The maximum Gasteiger partial charge on any atom is 0.270 e. The van der Waals surface area contributed by atoms with Gasteiger partial charge in [-0.3, -0.25) is 14.9 Å². The summed E-state index contributed by atoms with van der Waals surface area (Å²) in [7, 11) is 0. The van der Waals surface area contributed by atoms with E-state index in [4.69, 9.17) is 23.2 Å². The van der Waals surface area contributed by atoms with E-state index in [1.54, 1.807) is 53.4 Å². The minimum absolute atomic E-state index is 0.0147. The molecule has 1 fully saturated rings. The zero-order valence-electron chi connectivity index (χ0n) is 21.8. The van der Waals surface area contributed by atoms with Crippen molar-refractivity contribution in [1.82, 2.24) is 25.1 Å². The number of tetrazole rings is 1. The van der Waals surface area contributed by atoms with Crippen LogP contribution in [0.5, 0.6) is 0 Å². The van der Waals surface area contributed by atoms with Crippen LogP contribution in [-0.4, -0.2) is 43.0 Å². The summed E-state index contributed by atoms with van der Waals surface area (Å²) in [5.41, 5.74) is 1.30. The van der Waals surface area contributed by atoms with E-state index in [-0.39, 0.29) is 35.9 Å². The molecule has 0 spiro atoms. The minimum atomic E-state index is -0.335. The molecule has 1 aliphatic rings. The van der Waals surface area contributed by atoms with Crippen molar-refractivity contribution >= 4 is 47.0 Å². The van der Waals surface area contributed by atoms with Gasteiger partial charge in [-0.2, -0.15) is 0 Å². The first kappa shape index (κ1) is 27.8. The van der Waals surface area contributed by atoms with Crippen LogP contribution in [-0.2, 0) is 11.5 Å². The number of rotatable bonds is 7. The van der Waals surface area contributed by atoms with Gasteiger partial charge in [-0.15, -0.1) is 9.90 Å². The quantitative estimate of drug-likeness (QED) is 0.344. The van der Waals surface area contributed by atoms with E-state index in [1.165, 1.54) is 10.9 Å². The molecule has 0 aliphatic heterocycles. The Bertz CT molecular complexity index is 1270. The highest BCUT2D eigenvalue weighted by Crippen LogP contribution is 2.39. The largest absolute Gasteiger partial charge is 0.315 e. The fourth-order valence-electron chi connectivity index (χ4n) is 4.79. The summed E-state index contributed by atoms with van der Waals surface area (Å²) in [6, 6.07) is 14.0. The summed E-state index contributed by atoms with van der Waals surface area (Å²) in [4.78, 5) is 29.0. The summed E-state index contributed by atoms with van der Waals surface area (Å²) in [6.45, 7) is 6.89. The van der Waals surface area contributed by atoms with Crippen molar-refractivity contribution in [3.8, 4) is 0 Å². The molecule has 38 heavy (non-hydrogen) atoms. The molecular formula is C28H32Cl2N6O2. The fraction of sp³-hybridized carbons (Fsp3) is 0.393. The molecular weight excluding hydrogens is 523 g/mol. The number of halogens is 2.